The van der Waals surface area contributed by atoms with Crippen molar-refractivity contribution in [1.29, 1.82) is 0 Å². The third-order valence-corrected chi connectivity index (χ3v) is 12.8. The summed E-state index contributed by atoms with van der Waals surface area (Å²) in [4.78, 5) is 10.6. The van der Waals surface area contributed by atoms with Crippen molar-refractivity contribution in [2.24, 2.45) is 0 Å². The summed E-state index contributed by atoms with van der Waals surface area (Å²) in [5.74, 6) is 0.753. The van der Waals surface area contributed by atoms with Crippen molar-refractivity contribution in [3.8, 4) is 39.5 Å². The van der Waals surface area contributed by atoms with Crippen LogP contribution in [0.3, 0.4) is 0 Å². The zero-order valence-corrected chi connectivity index (χ0v) is 29.2. The molecule has 4 heteroatoms. The molecule has 0 unspecified atom stereocenters. The predicted molar refractivity (Wildman–Crippen MR) is 210 cm³/mol. The number of hydrogen-bond donors (Lipinski definition) is 0. The Morgan fingerprint density at radius 3 is 2.10 bits per heavy atom. The smallest absolute Gasteiger partial charge is 0.160 e. The maximum absolute atomic E-state index is 5.40. The Balaban J connectivity index is 1.13. The van der Waals surface area contributed by atoms with Gasteiger partial charge in [0.2, 0.25) is 0 Å². The lowest BCUT2D eigenvalue weighted by Crippen LogP contribution is -2.26. The highest BCUT2D eigenvalue weighted by Gasteiger charge is 2.37. The lowest BCUT2D eigenvalue weighted by Gasteiger charge is -2.35. The molecule has 0 radical (unpaired) electrons. The molecule has 0 saturated carbocycles. The second-order valence-electron chi connectivity index (χ2n) is 15.0. The Kier molecular flexibility index (Phi) is 5.40. The molecule has 2 aliphatic rings. The number of para-hydroxylation sites is 2. The van der Waals surface area contributed by atoms with Gasteiger partial charge in [0.25, 0.3) is 0 Å². The average molecular weight is 660 g/mol. The highest BCUT2D eigenvalue weighted by atomic mass is 32.1. The summed E-state index contributed by atoms with van der Waals surface area (Å²) in [6.07, 6.45) is 0. The summed E-state index contributed by atoms with van der Waals surface area (Å²) in [6.45, 7) is 9.40. The maximum Gasteiger partial charge on any atom is 0.160 e. The molecule has 11 rings (SSSR count). The SMILES string of the molecule is CC1(C)c2ccccc2-c2ccc(-c3nc(-c4ccc5c(c4)C(C)(C)c4cccc6c7sc8ccccc8c7n-5c46)nc4ccccc34)cc21. The summed E-state index contributed by atoms with van der Waals surface area (Å²) in [5, 5.41) is 3.72. The van der Waals surface area contributed by atoms with Crippen molar-refractivity contribution < 1.29 is 0 Å². The van der Waals surface area contributed by atoms with E-state index in [1.54, 1.807) is 0 Å². The Morgan fingerprint density at radius 2 is 1.20 bits per heavy atom. The first-order chi connectivity index (χ1) is 24.3. The van der Waals surface area contributed by atoms with Crippen molar-refractivity contribution in [3.63, 3.8) is 0 Å². The Morgan fingerprint density at radius 1 is 0.520 bits per heavy atom. The predicted octanol–water partition coefficient (Wildman–Crippen LogP) is 12.2. The molecule has 0 N–H and O–H groups in total. The number of hydrogen-bond acceptors (Lipinski definition) is 3. The topological polar surface area (TPSA) is 30.7 Å². The van der Waals surface area contributed by atoms with E-state index in [4.69, 9.17) is 9.97 Å². The molecule has 0 saturated heterocycles. The molecule has 1 aliphatic carbocycles. The zero-order valence-electron chi connectivity index (χ0n) is 28.4. The molecule has 0 spiro atoms. The summed E-state index contributed by atoms with van der Waals surface area (Å²) in [7, 11) is 0. The monoisotopic (exact) mass is 659 g/mol. The van der Waals surface area contributed by atoms with Gasteiger partial charge in [0.15, 0.2) is 5.82 Å². The van der Waals surface area contributed by atoms with E-state index < -0.39 is 0 Å². The van der Waals surface area contributed by atoms with E-state index in [1.807, 2.05) is 11.3 Å². The molecular formula is C46H33N3S. The average Bonchev–Trinajstić information content (AvgIpc) is 3.75. The highest BCUT2D eigenvalue weighted by molar-refractivity contribution is 7.26. The van der Waals surface area contributed by atoms with Crippen LogP contribution >= 0.6 is 11.3 Å². The van der Waals surface area contributed by atoms with E-state index in [-0.39, 0.29) is 10.8 Å². The van der Waals surface area contributed by atoms with Gasteiger partial charge in [-0.05, 0) is 69.8 Å². The maximum atomic E-state index is 5.40. The van der Waals surface area contributed by atoms with Crippen molar-refractivity contribution in [1.82, 2.24) is 14.5 Å². The highest BCUT2D eigenvalue weighted by Crippen LogP contribution is 2.52. The fourth-order valence-corrected chi connectivity index (χ4v) is 10.3. The number of aromatic nitrogens is 3. The van der Waals surface area contributed by atoms with Crippen molar-refractivity contribution >= 4 is 53.4 Å². The van der Waals surface area contributed by atoms with Crippen LogP contribution in [0.15, 0.2) is 127 Å². The first-order valence-corrected chi connectivity index (χ1v) is 18.2. The number of nitrogens with zero attached hydrogens (tertiary/aromatic N) is 3. The molecular weight excluding hydrogens is 627 g/mol. The molecule has 3 aromatic heterocycles. The van der Waals surface area contributed by atoms with Crippen LogP contribution in [0.4, 0.5) is 0 Å². The third-order valence-electron chi connectivity index (χ3n) is 11.6. The molecule has 4 heterocycles. The van der Waals surface area contributed by atoms with Gasteiger partial charge >= 0.3 is 0 Å². The van der Waals surface area contributed by atoms with Gasteiger partial charge in [0, 0.05) is 42.8 Å². The van der Waals surface area contributed by atoms with Gasteiger partial charge in [0.05, 0.1) is 32.6 Å². The lowest BCUT2D eigenvalue weighted by atomic mass is 9.74. The second kappa shape index (κ2) is 9.56. The van der Waals surface area contributed by atoms with Gasteiger partial charge < -0.3 is 4.57 Å². The fourth-order valence-electron chi connectivity index (χ4n) is 9.05. The van der Waals surface area contributed by atoms with Crippen LogP contribution in [0.25, 0.3) is 81.6 Å². The molecule has 0 amide bonds. The molecule has 9 aromatic rings. The van der Waals surface area contributed by atoms with Gasteiger partial charge in [-0.3, -0.25) is 0 Å². The van der Waals surface area contributed by atoms with E-state index >= 15 is 0 Å². The minimum atomic E-state index is -0.211. The minimum Gasteiger partial charge on any atom is -0.307 e. The molecule has 238 valence electrons. The largest absolute Gasteiger partial charge is 0.307 e. The minimum absolute atomic E-state index is 0.0863. The second-order valence-corrected chi connectivity index (χ2v) is 16.1. The molecule has 1 aliphatic heterocycles. The van der Waals surface area contributed by atoms with E-state index in [2.05, 4.69) is 160 Å². The van der Waals surface area contributed by atoms with E-state index in [1.165, 1.54) is 70.3 Å². The zero-order chi connectivity index (χ0) is 33.5. The van der Waals surface area contributed by atoms with Crippen LogP contribution in [-0.4, -0.2) is 14.5 Å². The quantitative estimate of drug-likeness (QED) is 0.185. The summed E-state index contributed by atoms with van der Waals surface area (Å²) < 4.78 is 5.21. The molecule has 3 nitrogen and oxygen atoms in total. The number of rotatable bonds is 2. The summed E-state index contributed by atoms with van der Waals surface area (Å²) in [5.41, 5.74) is 15.7. The van der Waals surface area contributed by atoms with Crippen LogP contribution in [0, 0.1) is 0 Å². The van der Waals surface area contributed by atoms with Crippen LogP contribution in [-0.2, 0) is 10.8 Å². The van der Waals surface area contributed by atoms with Crippen molar-refractivity contribution in [2.75, 3.05) is 0 Å². The molecule has 50 heavy (non-hydrogen) atoms. The molecule has 0 atom stereocenters. The van der Waals surface area contributed by atoms with Gasteiger partial charge in [-0.25, -0.2) is 9.97 Å². The first-order valence-electron chi connectivity index (χ1n) is 17.4. The van der Waals surface area contributed by atoms with Gasteiger partial charge in [-0.15, -0.1) is 11.3 Å². The third kappa shape index (κ3) is 3.54. The van der Waals surface area contributed by atoms with E-state index in [0.717, 1.165) is 33.5 Å². The first kappa shape index (κ1) is 28.3. The Hall–Kier alpha value is -5.58. The van der Waals surface area contributed by atoms with E-state index in [0.29, 0.717) is 0 Å². The number of thiophene rings is 1. The van der Waals surface area contributed by atoms with Crippen LogP contribution < -0.4 is 0 Å². The van der Waals surface area contributed by atoms with Crippen molar-refractivity contribution in [3.05, 3.63) is 150 Å². The normalized spacial score (nSPS) is 15.1. The fraction of sp³-hybridized carbons (Fsp3) is 0.130. The van der Waals surface area contributed by atoms with Crippen LogP contribution in [0.1, 0.15) is 49.9 Å². The Labute approximate surface area is 294 Å². The Bertz CT molecular complexity index is 2940. The molecule has 0 bridgehead atoms. The van der Waals surface area contributed by atoms with Crippen molar-refractivity contribution in [2.45, 2.75) is 38.5 Å². The van der Waals surface area contributed by atoms with E-state index in [9.17, 15) is 0 Å². The lowest BCUT2D eigenvalue weighted by molar-refractivity contribution is 0.630. The van der Waals surface area contributed by atoms with Gasteiger partial charge in [-0.1, -0.05) is 119 Å². The van der Waals surface area contributed by atoms with Crippen LogP contribution in [0.5, 0.6) is 0 Å². The van der Waals surface area contributed by atoms with Gasteiger partial charge in [0.1, 0.15) is 0 Å². The number of fused-ring (bicyclic) bond motifs is 11. The number of benzene rings is 6. The van der Waals surface area contributed by atoms with Gasteiger partial charge in [-0.2, -0.15) is 0 Å². The summed E-state index contributed by atoms with van der Waals surface area (Å²) >= 11 is 1.90. The standard InChI is InChI=1S/C46H33N3S/c1-45(2)33-16-8-5-12-28(33)29-22-20-26(24-35(29)45)40-30-13-6-9-18-37(30)47-44(48-40)27-21-23-38-36(25-27)46(3,4)34-17-11-15-32-41(34)49(38)42-31-14-7-10-19-39(31)50-43(32)42/h5-25H,1-4H3. The molecule has 6 aromatic carbocycles. The summed E-state index contributed by atoms with van der Waals surface area (Å²) in [6, 6.07) is 46.7. The molecule has 0 fully saturated rings. The van der Waals surface area contributed by atoms with Crippen LogP contribution in [0.2, 0.25) is 0 Å².